The lowest BCUT2D eigenvalue weighted by Gasteiger charge is -2.07. The summed E-state index contributed by atoms with van der Waals surface area (Å²) in [6, 6.07) is 3.22. The van der Waals surface area contributed by atoms with E-state index in [0.29, 0.717) is 5.56 Å². The third-order valence-electron chi connectivity index (χ3n) is 1.55. The number of nitrogens with one attached hydrogen (secondary N) is 1. The van der Waals surface area contributed by atoms with Gasteiger partial charge in [0.1, 0.15) is 5.82 Å². The number of amides is 1. The first-order valence-electron chi connectivity index (χ1n) is 3.88. The highest BCUT2D eigenvalue weighted by Gasteiger charge is 2.16. The molecule has 0 saturated carbocycles. The first kappa shape index (κ1) is 10.5. The predicted octanol–water partition coefficient (Wildman–Crippen LogP) is 0.744. The molecule has 76 valence electrons. The molecular weight excluding hydrogens is 192 g/mol. The van der Waals surface area contributed by atoms with Crippen molar-refractivity contribution < 1.29 is 13.6 Å². The highest BCUT2D eigenvalue weighted by atomic mass is 19.3. The van der Waals surface area contributed by atoms with Crippen LogP contribution in [0.15, 0.2) is 18.3 Å². The van der Waals surface area contributed by atoms with Crippen LogP contribution in [0.1, 0.15) is 5.56 Å². The molecule has 0 aliphatic heterocycles. The molecule has 0 aliphatic rings. The van der Waals surface area contributed by atoms with E-state index >= 15 is 0 Å². The van der Waals surface area contributed by atoms with Gasteiger partial charge in [-0.2, -0.15) is 8.78 Å². The van der Waals surface area contributed by atoms with Crippen molar-refractivity contribution in [2.24, 2.45) is 5.73 Å². The minimum atomic E-state index is -3.05. The minimum Gasteiger partial charge on any atom is -0.326 e. The van der Waals surface area contributed by atoms with Gasteiger partial charge in [-0.1, -0.05) is 6.07 Å². The van der Waals surface area contributed by atoms with Crippen molar-refractivity contribution in [3.63, 3.8) is 0 Å². The van der Waals surface area contributed by atoms with Crippen LogP contribution in [0.4, 0.5) is 14.6 Å². The molecule has 1 rings (SSSR count). The van der Waals surface area contributed by atoms with Crippen molar-refractivity contribution in [3.05, 3.63) is 23.9 Å². The number of nitrogens with zero attached hydrogens (tertiary/aromatic N) is 1. The van der Waals surface area contributed by atoms with Crippen LogP contribution in [0.2, 0.25) is 0 Å². The van der Waals surface area contributed by atoms with Crippen molar-refractivity contribution in [1.29, 1.82) is 0 Å². The molecule has 0 unspecified atom stereocenters. The molecule has 0 atom stereocenters. The Morgan fingerprint density at radius 1 is 1.64 bits per heavy atom. The highest BCUT2D eigenvalue weighted by Crippen LogP contribution is 2.11. The standard InChI is InChI=1S/C8H9F2N3O/c9-6(10)8(14)13-7-5(4-11)2-1-3-12-7/h1-3,6H,4,11H2,(H,12,13,14). The number of halogens is 2. The summed E-state index contributed by atoms with van der Waals surface area (Å²) in [7, 11) is 0. The fourth-order valence-corrected chi connectivity index (χ4v) is 0.887. The first-order valence-corrected chi connectivity index (χ1v) is 3.88. The summed E-state index contributed by atoms with van der Waals surface area (Å²) in [5, 5.41) is 1.98. The maximum Gasteiger partial charge on any atom is 0.315 e. The van der Waals surface area contributed by atoms with Gasteiger partial charge in [0, 0.05) is 18.3 Å². The summed E-state index contributed by atoms with van der Waals surface area (Å²) < 4.78 is 23.8. The van der Waals surface area contributed by atoms with Gasteiger partial charge in [0.2, 0.25) is 0 Å². The van der Waals surface area contributed by atoms with E-state index in [2.05, 4.69) is 4.98 Å². The molecule has 4 nitrogen and oxygen atoms in total. The number of anilines is 1. The van der Waals surface area contributed by atoms with Crippen LogP contribution in [0.3, 0.4) is 0 Å². The minimum absolute atomic E-state index is 0.0836. The Morgan fingerprint density at radius 2 is 2.36 bits per heavy atom. The Morgan fingerprint density at radius 3 is 2.93 bits per heavy atom. The first-order chi connectivity index (χ1) is 6.65. The number of hydrogen-bond donors (Lipinski definition) is 2. The third-order valence-corrected chi connectivity index (χ3v) is 1.55. The second kappa shape index (κ2) is 4.61. The molecule has 0 aromatic carbocycles. The SMILES string of the molecule is NCc1cccnc1NC(=O)C(F)F. The second-order valence-corrected chi connectivity index (χ2v) is 2.51. The second-order valence-electron chi connectivity index (χ2n) is 2.51. The summed E-state index contributed by atoms with van der Waals surface area (Å²) in [6.07, 6.45) is -1.66. The smallest absolute Gasteiger partial charge is 0.315 e. The van der Waals surface area contributed by atoms with E-state index in [1.807, 2.05) is 5.32 Å². The number of carbonyl (C=O) groups is 1. The summed E-state index contributed by atoms with van der Waals surface area (Å²) >= 11 is 0. The van der Waals surface area contributed by atoms with Crippen molar-refractivity contribution >= 4 is 11.7 Å². The number of rotatable bonds is 3. The molecule has 6 heteroatoms. The van der Waals surface area contributed by atoms with Crippen LogP contribution >= 0.6 is 0 Å². The summed E-state index contributed by atoms with van der Waals surface area (Å²) in [4.78, 5) is 14.4. The van der Waals surface area contributed by atoms with Gasteiger partial charge in [0.05, 0.1) is 0 Å². The number of pyridine rings is 1. The maximum atomic E-state index is 11.9. The lowest BCUT2D eigenvalue weighted by Crippen LogP contribution is -2.22. The number of alkyl halides is 2. The van der Waals surface area contributed by atoms with E-state index < -0.39 is 12.3 Å². The van der Waals surface area contributed by atoms with Crippen LogP contribution in [0.5, 0.6) is 0 Å². The predicted molar refractivity (Wildman–Crippen MR) is 46.8 cm³/mol. The normalized spacial score (nSPS) is 10.3. The van der Waals surface area contributed by atoms with Crippen LogP contribution < -0.4 is 11.1 Å². The van der Waals surface area contributed by atoms with E-state index in [1.54, 1.807) is 12.1 Å². The fraction of sp³-hybridized carbons (Fsp3) is 0.250. The summed E-state index contributed by atoms with van der Waals surface area (Å²) in [6.45, 7) is 0.132. The maximum absolute atomic E-state index is 11.9. The van der Waals surface area contributed by atoms with Crippen LogP contribution in [-0.4, -0.2) is 17.3 Å². The largest absolute Gasteiger partial charge is 0.326 e. The molecule has 0 radical (unpaired) electrons. The zero-order valence-electron chi connectivity index (χ0n) is 7.21. The molecule has 0 aliphatic carbocycles. The van der Waals surface area contributed by atoms with Gasteiger partial charge in [-0.3, -0.25) is 4.79 Å². The Bertz CT molecular complexity index is 330. The molecule has 1 aromatic heterocycles. The monoisotopic (exact) mass is 201 g/mol. The Balaban J connectivity index is 2.80. The van der Waals surface area contributed by atoms with E-state index in [4.69, 9.17) is 5.73 Å². The average Bonchev–Trinajstić information content (AvgIpc) is 2.18. The molecular formula is C8H9F2N3O. The van der Waals surface area contributed by atoms with E-state index in [-0.39, 0.29) is 12.4 Å². The molecule has 1 heterocycles. The zero-order chi connectivity index (χ0) is 10.6. The van der Waals surface area contributed by atoms with Crippen LogP contribution in [0, 0.1) is 0 Å². The summed E-state index contributed by atoms with van der Waals surface area (Å²) in [5.41, 5.74) is 5.84. The Kier molecular flexibility index (Phi) is 3.47. The van der Waals surface area contributed by atoms with Gasteiger partial charge in [-0.05, 0) is 6.07 Å². The van der Waals surface area contributed by atoms with Crippen molar-refractivity contribution in [1.82, 2.24) is 4.98 Å². The van der Waals surface area contributed by atoms with E-state index in [0.717, 1.165) is 0 Å². The number of nitrogens with two attached hydrogens (primary N) is 1. The molecule has 0 fully saturated rings. The molecule has 1 amide bonds. The van der Waals surface area contributed by atoms with Crippen molar-refractivity contribution in [3.8, 4) is 0 Å². The third kappa shape index (κ3) is 2.46. The molecule has 14 heavy (non-hydrogen) atoms. The average molecular weight is 201 g/mol. The van der Waals surface area contributed by atoms with Crippen LogP contribution in [-0.2, 0) is 11.3 Å². The molecule has 1 aromatic rings. The van der Waals surface area contributed by atoms with Gasteiger partial charge in [-0.15, -0.1) is 0 Å². The Labute approximate surface area is 79.1 Å². The molecule has 3 N–H and O–H groups in total. The molecule has 0 saturated heterocycles. The van der Waals surface area contributed by atoms with Crippen molar-refractivity contribution in [2.45, 2.75) is 13.0 Å². The molecule has 0 spiro atoms. The van der Waals surface area contributed by atoms with Gasteiger partial charge >= 0.3 is 6.43 Å². The van der Waals surface area contributed by atoms with E-state index in [1.165, 1.54) is 6.20 Å². The van der Waals surface area contributed by atoms with Gasteiger partial charge in [-0.25, -0.2) is 4.98 Å². The fourth-order valence-electron chi connectivity index (χ4n) is 0.887. The van der Waals surface area contributed by atoms with Gasteiger partial charge < -0.3 is 11.1 Å². The van der Waals surface area contributed by atoms with Crippen LogP contribution in [0.25, 0.3) is 0 Å². The number of aromatic nitrogens is 1. The topological polar surface area (TPSA) is 68.0 Å². The summed E-state index contributed by atoms with van der Waals surface area (Å²) in [5.74, 6) is -1.29. The number of hydrogen-bond acceptors (Lipinski definition) is 3. The lowest BCUT2D eigenvalue weighted by atomic mass is 10.2. The molecule has 0 bridgehead atoms. The highest BCUT2D eigenvalue weighted by molar-refractivity contribution is 5.92. The Hall–Kier alpha value is -1.56. The van der Waals surface area contributed by atoms with E-state index in [9.17, 15) is 13.6 Å². The van der Waals surface area contributed by atoms with Gasteiger partial charge in [0.15, 0.2) is 0 Å². The zero-order valence-corrected chi connectivity index (χ0v) is 7.21. The van der Waals surface area contributed by atoms with Crippen molar-refractivity contribution in [2.75, 3.05) is 5.32 Å². The van der Waals surface area contributed by atoms with Gasteiger partial charge in [0.25, 0.3) is 5.91 Å². The quantitative estimate of drug-likeness (QED) is 0.758. The lowest BCUT2D eigenvalue weighted by molar-refractivity contribution is -0.126. The number of carbonyl (C=O) groups excluding carboxylic acids is 1.